The molecule has 8 heteroatoms. The monoisotopic (exact) mass is 406 g/mol. The van der Waals surface area contributed by atoms with Crippen LogP contribution in [0.25, 0.3) is 0 Å². The highest BCUT2D eigenvalue weighted by atomic mass is 16.5. The van der Waals surface area contributed by atoms with Crippen molar-refractivity contribution in [1.82, 2.24) is 10.6 Å². The quantitative estimate of drug-likeness (QED) is 0.611. The standard InChI is InChI=1S/C21H30N2O6/c1-4-27-18-11-15(9-10-17(18)28-12-14(2)3)20(25)29-13-19(24)23-21(26)22-16-7-5-6-8-16/h9-11,14,16H,4-8,12-13H2,1-3H3,(H2,22,23,24,26). The molecular formula is C21H30N2O6. The molecule has 29 heavy (non-hydrogen) atoms. The Morgan fingerprint density at radius 1 is 1.10 bits per heavy atom. The summed E-state index contributed by atoms with van der Waals surface area (Å²) in [6.07, 6.45) is 3.97. The minimum absolute atomic E-state index is 0.0961. The largest absolute Gasteiger partial charge is 0.490 e. The van der Waals surface area contributed by atoms with Crippen LogP contribution in [-0.4, -0.2) is 43.8 Å². The molecule has 0 bridgehead atoms. The van der Waals surface area contributed by atoms with Gasteiger partial charge in [-0.25, -0.2) is 9.59 Å². The Bertz CT molecular complexity index is 713. The molecule has 2 rings (SSSR count). The lowest BCUT2D eigenvalue weighted by atomic mass is 10.2. The number of benzene rings is 1. The Balaban J connectivity index is 1.86. The van der Waals surface area contributed by atoms with Crippen LogP contribution < -0.4 is 20.1 Å². The molecule has 1 aromatic rings. The van der Waals surface area contributed by atoms with Crippen LogP contribution in [0.3, 0.4) is 0 Å². The van der Waals surface area contributed by atoms with Crippen molar-refractivity contribution in [1.29, 1.82) is 0 Å². The third kappa shape index (κ3) is 7.63. The molecule has 0 spiro atoms. The predicted octanol–water partition coefficient (Wildman–Crippen LogP) is 3.05. The summed E-state index contributed by atoms with van der Waals surface area (Å²) in [4.78, 5) is 35.9. The van der Waals surface area contributed by atoms with Crippen molar-refractivity contribution in [2.75, 3.05) is 19.8 Å². The molecule has 0 radical (unpaired) electrons. The molecule has 8 nitrogen and oxygen atoms in total. The van der Waals surface area contributed by atoms with Gasteiger partial charge < -0.3 is 19.5 Å². The summed E-state index contributed by atoms with van der Waals surface area (Å²) < 4.78 is 16.2. The molecule has 1 saturated carbocycles. The van der Waals surface area contributed by atoms with E-state index >= 15 is 0 Å². The van der Waals surface area contributed by atoms with Gasteiger partial charge in [0.2, 0.25) is 0 Å². The SMILES string of the molecule is CCOc1cc(C(=O)OCC(=O)NC(=O)NC2CCCC2)ccc1OCC(C)C. The fraction of sp³-hybridized carbons (Fsp3) is 0.571. The van der Waals surface area contributed by atoms with Gasteiger partial charge in [-0.05, 0) is 43.9 Å². The Hall–Kier alpha value is -2.77. The maximum atomic E-state index is 12.2. The van der Waals surface area contributed by atoms with Crippen LogP contribution in [-0.2, 0) is 9.53 Å². The first kappa shape index (κ1) is 22.5. The van der Waals surface area contributed by atoms with Crippen LogP contribution in [0.1, 0.15) is 56.8 Å². The lowest BCUT2D eigenvalue weighted by Gasteiger charge is -2.14. The molecule has 160 valence electrons. The van der Waals surface area contributed by atoms with Gasteiger partial charge in [0.1, 0.15) is 0 Å². The highest BCUT2D eigenvalue weighted by molar-refractivity contribution is 5.97. The maximum Gasteiger partial charge on any atom is 0.338 e. The zero-order chi connectivity index (χ0) is 21.2. The van der Waals surface area contributed by atoms with Crippen LogP contribution in [0.2, 0.25) is 0 Å². The van der Waals surface area contributed by atoms with Gasteiger partial charge in [0, 0.05) is 6.04 Å². The number of hydrogen-bond acceptors (Lipinski definition) is 6. The number of carbonyl (C=O) groups is 3. The lowest BCUT2D eigenvalue weighted by Crippen LogP contribution is -2.44. The van der Waals surface area contributed by atoms with Crippen LogP contribution in [0.4, 0.5) is 4.79 Å². The first-order valence-corrected chi connectivity index (χ1v) is 10.1. The van der Waals surface area contributed by atoms with E-state index in [1.54, 1.807) is 12.1 Å². The molecule has 1 fully saturated rings. The van der Waals surface area contributed by atoms with Gasteiger partial charge >= 0.3 is 12.0 Å². The van der Waals surface area contributed by atoms with Crippen molar-refractivity contribution in [2.24, 2.45) is 5.92 Å². The first-order valence-electron chi connectivity index (χ1n) is 10.1. The molecule has 0 heterocycles. The summed E-state index contributed by atoms with van der Waals surface area (Å²) >= 11 is 0. The first-order chi connectivity index (χ1) is 13.9. The molecule has 1 aliphatic carbocycles. The third-order valence-corrected chi connectivity index (χ3v) is 4.33. The molecule has 1 aliphatic rings. The number of carbonyl (C=O) groups excluding carboxylic acids is 3. The minimum atomic E-state index is -0.687. The van der Waals surface area contributed by atoms with E-state index in [4.69, 9.17) is 14.2 Å². The lowest BCUT2D eigenvalue weighted by molar-refractivity contribution is -0.123. The number of ether oxygens (including phenoxy) is 3. The fourth-order valence-corrected chi connectivity index (χ4v) is 2.95. The molecule has 3 amide bonds. The van der Waals surface area contributed by atoms with E-state index in [0.717, 1.165) is 25.7 Å². The second kappa shape index (κ2) is 11.3. The van der Waals surface area contributed by atoms with E-state index in [9.17, 15) is 14.4 Å². The molecule has 1 aromatic carbocycles. The molecule has 0 unspecified atom stereocenters. The fourth-order valence-electron chi connectivity index (χ4n) is 2.95. The number of amides is 3. The summed E-state index contributed by atoms with van der Waals surface area (Å²) in [5, 5.41) is 4.91. The van der Waals surface area contributed by atoms with E-state index in [1.165, 1.54) is 6.07 Å². The Labute approximate surface area is 171 Å². The number of hydrogen-bond donors (Lipinski definition) is 2. The maximum absolute atomic E-state index is 12.2. The summed E-state index contributed by atoms with van der Waals surface area (Å²) in [5.74, 6) is -0.0524. The molecule has 0 atom stereocenters. The van der Waals surface area contributed by atoms with Crippen molar-refractivity contribution < 1.29 is 28.6 Å². The van der Waals surface area contributed by atoms with Gasteiger partial charge in [0.05, 0.1) is 18.8 Å². The second-order valence-electron chi connectivity index (χ2n) is 7.38. The normalized spacial score (nSPS) is 13.8. The molecule has 2 N–H and O–H groups in total. The van der Waals surface area contributed by atoms with Crippen LogP contribution in [0, 0.1) is 5.92 Å². The molecule has 0 aliphatic heterocycles. The predicted molar refractivity (Wildman–Crippen MR) is 107 cm³/mol. The summed E-state index contributed by atoms with van der Waals surface area (Å²) in [5.41, 5.74) is 0.230. The zero-order valence-electron chi connectivity index (χ0n) is 17.3. The summed E-state index contributed by atoms with van der Waals surface area (Å²) in [6, 6.07) is 4.23. The zero-order valence-corrected chi connectivity index (χ0v) is 17.3. The third-order valence-electron chi connectivity index (χ3n) is 4.33. The average molecular weight is 406 g/mol. The van der Waals surface area contributed by atoms with Crippen molar-refractivity contribution >= 4 is 17.9 Å². The molecule has 0 saturated heterocycles. The van der Waals surface area contributed by atoms with E-state index in [2.05, 4.69) is 10.6 Å². The number of nitrogens with one attached hydrogen (secondary N) is 2. The van der Waals surface area contributed by atoms with Crippen molar-refractivity contribution in [2.45, 2.75) is 52.5 Å². The van der Waals surface area contributed by atoms with E-state index in [-0.39, 0.29) is 11.6 Å². The van der Waals surface area contributed by atoms with E-state index in [0.29, 0.717) is 30.6 Å². The average Bonchev–Trinajstić information content (AvgIpc) is 3.18. The smallest absolute Gasteiger partial charge is 0.338 e. The van der Waals surface area contributed by atoms with E-state index < -0.39 is 24.5 Å². The van der Waals surface area contributed by atoms with Gasteiger partial charge in [-0.15, -0.1) is 0 Å². The minimum Gasteiger partial charge on any atom is -0.490 e. The van der Waals surface area contributed by atoms with Crippen LogP contribution in [0.15, 0.2) is 18.2 Å². The number of urea groups is 1. The van der Waals surface area contributed by atoms with Gasteiger partial charge in [0.25, 0.3) is 5.91 Å². The Morgan fingerprint density at radius 3 is 2.48 bits per heavy atom. The molecular weight excluding hydrogens is 376 g/mol. The second-order valence-corrected chi connectivity index (χ2v) is 7.38. The van der Waals surface area contributed by atoms with Gasteiger partial charge in [-0.3, -0.25) is 10.1 Å². The highest BCUT2D eigenvalue weighted by Crippen LogP contribution is 2.29. The highest BCUT2D eigenvalue weighted by Gasteiger charge is 2.19. The Kier molecular flexibility index (Phi) is 8.76. The van der Waals surface area contributed by atoms with E-state index in [1.807, 2.05) is 20.8 Å². The van der Waals surface area contributed by atoms with Crippen LogP contribution in [0.5, 0.6) is 11.5 Å². The van der Waals surface area contributed by atoms with Crippen molar-refractivity contribution in [3.05, 3.63) is 23.8 Å². The molecule has 0 aromatic heterocycles. The number of rotatable bonds is 9. The summed E-state index contributed by atoms with van der Waals surface area (Å²) in [6.45, 7) is 6.28. The van der Waals surface area contributed by atoms with Gasteiger partial charge in [-0.1, -0.05) is 26.7 Å². The van der Waals surface area contributed by atoms with Crippen molar-refractivity contribution in [3.8, 4) is 11.5 Å². The number of imide groups is 1. The van der Waals surface area contributed by atoms with Crippen molar-refractivity contribution in [3.63, 3.8) is 0 Å². The van der Waals surface area contributed by atoms with Gasteiger partial charge in [0.15, 0.2) is 18.1 Å². The Morgan fingerprint density at radius 2 is 1.83 bits per heavy atom. The van der Waals surface area contributed by atoms with Gasteiger partial charge in [-0.2, -0.15) is 0 Å². The number of esters is 1. The summed E-state index contributed by atoms with van der Waals surface area (Å²) in [7, 11) is 0. The van der Waals surface area contributed by atoms with Crippen LogP contribution >= 0.6 is 0 Å². The topological polar surface area (TPSA) is 103 Å².